The molecule has 23 heavy (non-hydrogen) atoms. The topological polar surface area (TPSA) is 76.2 Å². The first kappa shape index (κ1) is 14.9. The number of nitrogens with one attached hydrogen (secondary N) is 2. The maximum atomic E-state index is 12.0. The van der Waals surface area contributed by atoms with Crippen LogP contribution in [-0.2, 0) is 4.79 Å². The van der Waals surface area contributed by atoms with Crippen LogP contribution in [0.1, 0.15) is 5.56 Å². The summed E-state index contributed by atoms with van der Waals surface area (Å²) in [4.78, 5) is 12.0. The fourth-order valence-corrected chi connectivity index (χ4v) is 2.25. The Morgan fingerprint density at radius 3 is 2.91 bits per heavy atom. The van der Waals surface area contributed by atoms with E-state index in [0.29, 0.717) is 17.2 Å². The first-order valence-electron chi connectivity index (χ1n) is 7.16. The van der Waals surface area contributed by atoms with E-state index in [4.69, 9.17) is 9.47 Å². The van der Waals surface area contributed by atoms with Gasteiger partial charge in [0.2, 0.25) is 0 Å². The lowest BCUT2D eigenvalue weighted by Crippen LogP contribution is -2.20. The van der Waals surface area contributed by atoms with Gasteiger partial charge in [0.1, 0.15) is 0 Å². The standard InChI is InChI=1S/C17H17N3O3/c1-11-3-6-15(16(7-11)22-2)23-10-17(21)19-13-4-5-14-12(8-13)9-18-20-14/h3-9H,10H2,1-2H3,(H,18,20)(H,19,21). The maximum absolute atomic E-state index is 12.0. The molecule has 2 N–H and O–H groups in total. The Balaban J connectivity index is 1.63. The van der Waals surface area contributed by atoms with Gasteiger partial charge in [0.25, 0.3) is 5.91 Å². The smallest absolute Gasteiger partial charge is 0.262 e. The highest BCUT2D eigenvalue weighted by Gasteiger charge is 2.08. The lowest BCUT2D eigenvalue weighted by Gasteiger charge is -2.11. The van der Waals surface area contributed by atoms with Gasteiger partial charge in [-0.1, -0.05) is 6.07 Å². The van der Waals surface area contributed by atoms with Crippen molar-refractivity contribution < 1.29 is 14.3 Å². The van der Waals surface area contributed by atoms with Gasteiger partial charge in [-0.2, -0.15) is 5.10 Å². The summed E-state index contributed by atoms with van der Waals surface area (Å²) in [6.07, 6.45) is 1.71. The van der Waals surface area contributed by atoms with E-state index >= 15 is 0 Å². The minimum atomic E-state index is -0.240. The molecular weight excluding hydrogens is 294 g/mol. The minimum Gasteiger partial charge on any atom is -0.493 e. The zero-order chi connectivity index (χ0) is 16.2. The molecule has 3 aromatic rings. The highest BCUT2D eigenvalue weighted by Crippen LogP contribution is 2.27. The molecule has 0 aliphatic carbocycles. The van der Waals surface area contributed by atoms with Gasteiger partial charge in [-0.3, -0.25) is 9.89 Å². The Morgan fingerprint density at radius 2 is 2.09 bits per heavy atom. The molecule has 6 heteroatoms. The fourth-order valence-electron chi connectivity index (χ4n) is 2.25. The highest BCUT2D eigenvalue weighted by molar-refractivity contribution is 5.94. The number of aryl methyl sites for hydroxylation is 1. The third-order valence-electron chi connectivity index (χ3n) is 3.40. The van der Waals surface area contributed by atoms with Crippen LogP contribution in [0.5, 0.6) is 11.5 Å². The van der Waals surface area contributed by atoms with Crippen molar-refractivity contribution in [2.45, 2.75) is 6.92 Å². The van der Waals surface area contributed by atoms with E-state index in [2.05, 4.69) is 15.5 Å². The monoisotopic (exact) mass is 311 g/mol. The number of fused-ring (bicyclic) bond motifs is 1. The second kappa shape index (κ2) is 6.39. The molecule has 0 aliphatic rings. The molecule has 2 aromatic carbocycles. The number of methoxy groups -OCH3 is 1. The minimum absolute atomic E-state index is 0.0944. The van der Waals surface area contributed by atoms with Gasteiger partial charge in [-0.05, 0) is 42.8 Å². The molecular formula is C17H17N3O3. The molecule has 0 atom stereocenters. The lowest BCUT2D eigenvalue weighted by atomic mass is 10.2. The molecule has 0 radical (unpaired) electrons. The number of nitrogens with zero attached hydrogens (tertiary/aromatic N) is 1. The third-order valence-corrected chi connectivity index (χ3v) is 3.40. The van der Waals surface area contributed by atoms with Crippen molar-refractivity contribution in [3.63, 3.8) is 0 Å². The van der Waals surface area contributed by atoms with E-state index in [1.54, 1.807) is 19.4 Å². The Hall–Kier alpha value is -3.02. The zero-order valence-corrected chi connectivity index (χ0v) is 12.9. The van der Waals surface area contributed by atoms with Crippen molar-refractivity contribution in [1.29, 1.82) is 0 Å². The number of carbonyl (C=O) groups excluding carboxylic acids is 1. The number of ether oxygens (including phenoxy) is 2. The van der Waals surface area contributed by atoms with E-state index in [9.17, 15) is 4.79 Å². The van der Waals surface area contributed by atoms with Crippen LogP contribution in [0.15, 0.2) is 42.6 Å². The largest absolute Gasteiger partial charge is 0.493 e. The predicted octanol–water partition coefficient (Wildman–Crippen LogP) is 2.90. The zero-order valence-electron chi connectivity index (χ0n) is 12.9. The van der Waals surface area contributed by atoms with Gasteiger partial charge in [0.15, 0.2) is 18.1 Å². The second-order valence-electron chi connectivity index (χ2n) is 5.16. The molecule has 0 aliphatic heterocycles. The van der Waals surface area contributed by atoms with Crippen LogP contribution in [-0.4, -0.2) is 29.8 Å². The molecule has 0 saturated carbocycles. The summed E-state index contributed by atoms with van der Waals surface area (Å²) in [6.45, 7) is 1.87. The normalized spacial score (nSPS) is 10.5. The van der Waals surface area contributed by atoms with E-state index in [1.165, 1.54) is 0 Å². The first-order valence-corrected chi connectivity index (χ1v) is 7.16. The Bertz CT molecular complexity index is 842. The van der Waals surface area contributed by atoms with Crippen molar-refractivity contribution in [1.82, 2.24) is 10.2 Å². The average molecular weight is 311 g/mol. The molecule has 6 nitrogen and oxygen atoms in total. The van der Waals surface area contributed by atoms with Crippen molar-refractivity contribution in [3.8, 4) is 11.5 Å². The molecule has 1 heterocycles. The molecule has 0 fully saturated rings. The van der Waals surface area contributed by atoms with Gasteiger partial charge in [-0.15, -0.1) is 0 Å². The lowest BCUT2D eigenvalue weighted by molar-refractivity contribution is -0.118. The van der Waals surface area contributed by atoms with Crippen LogP contribution in [0.4, 0.5) is 5.69 Å². The maximum Gasteiger partial charge on any atom is 0.262 e. The van der Waals surface area contributed by atoms with Crippen molar-refractivity contribution in [2.75, 3.05) is 19.0 Å². The van der Waals surface area contributed by atoms with Gasteiger partial charge >= 0.3 is 0 Å². The summed E-state index contributed by atoms with van der Waals surface area (Å²) in [6, 6.07) is 11.1. The van der Waals surface area contributed by atoms with E-state index in [0.717, 1.165) is 16.5 Å². The number of hydrogen-bond donors (Lipinski definition) is 2. The van der Waals surface area contributed by atoms with Gasteiger partial charge in [0.05, 0.1) is 18.8 Å². The van der Waals surface area contributed by atoms with Crippen molar-refractivity contribution >= 4 is 22.5 Å². The van der Waals surface area contributed by atoms with E-state index in [-0.39, 0.29) is 12.5 Å². The van der Waals surface area contributed by atoms with Gasteiger partial charge < -0.3 is 14.8 Å². The Kier molecular flexibility index (Phi) is 4.14. The predicted molar refractivity (Wildman–Crippen MR) is 87.9 cm³/mol. The molecule has 0 saturated heterocycles. The molecule has 0 bridgehead atoms. The van der Waals surface area contributed by atoms with Crippen LogP contribution >= 0.6 is 0 Å². The summed E-state index contributed by atoms with van der Waals surface area (Å²) in [5, 5.41) is 10.5. The van der Waals surface area contributed by atoms with Gasteiger partial charge in [0, 0.05) is 11.1 Å². The molecule has 0 spiro atoms. The summed E-state index contributed by atoms with van der Waals surface area (Å²) in [5.74, 6) is 0.909. The van der Waals surface area contributed by atoms with E-state index in [1.807, 2.05) is 37.3 Å². The highest BCUT2D eigenvalue weighted by atomic mass is 16.5. The molecule has 0 unspecified atom stereocenters. The number of carbonyl (C=O) groups is 1. The SMILES string of the molecule is COc1cc(C)ccc1OCC(=O)Nc1ccc2[nH]ncc2c1. The third kappa shape index (κ3) is 3.42. The molecule has 118 valence electrons. The number of benzene rings is 2. The molecule has 1 aromatic heterocycles. The quantitative estimate of drug-likeness (QED) is 0.759. The number of hydrogen-bond acceptors (Lipinski definition) is 4. The number of anilines is 1. The van der Waals surface area contributed by atoms with Gasteiger partial charge in [-0.25, -0.2) is 0 Å². The number of aromatic nitrogens is 2. The Labute approximate surface area is 133 Å². The van der Waals surface area contributed by atoms with Crippen LogP contribution in [0.2, 0.25) is 0 Å². The van der Waals surface area contributed by atoms with E-state index < -0.39 is 0 Å². The van der Waals surface area contributed by atoms with Crippen LogP contribution in [0.25, 0.3) is 10.9 Å². The van der Waals surface area contributed by atoms with Crippen LogP contribution < -0.4 is 14.8 Å². The fraction of sp³-hybridized carbons (Fsp3) is 0.176. The molecule has 3 rings (SSSR count). The average Bonchev–Trinajstić information content (AvgIpc) is 3.01. The van der Waals surface area contributed by atoms with Crippen LogP contribution in [0.3, 0.4) is 0 Å². The summed E-state index contributed by atoms with van der Waals surface area (Å²) in [7, 11) is 1.57. The van der Waals surface area contributed by atoms with Crippen LogP contribution in [0, 0.1) is 6.92 Å². The summed E-state index contributed by atoms with van der Waals surface area (Å²) >= 11 is 0. The Morgan fingerprint density at radius 1 is 1.22 bits per heavy atom. The number of H-pyrrole nitrogens is 1. The summed E-state index contributed by atoms with van der Waals surface area (Å²) < 4.78 is 10.8. The van der Waals surface area contributed by atoms with Crippen molar-refractivity contribution in [2.24, 2.45) is 0 Å². The second-order valence-corrected chi connectivity index (χ2v) is 5.16. The number of amides is 1. The number of rotatable bonds is 5. The van der Waals surface area contributed by atoms with Crippen molar-refractivity contribution in [3.05, 3.63) is 48.2 Å². The molecule has 1 amide bonds. The number of aromatic amines is 1. The first-order chi connectivity index (χ1) is 11.2. The summed E-state index contributed by atoms with van der Waals surface area (Å²) in [5.41, 5.74) is 2.68.